The summed E-state index contributed by atoms with van der Waals surface area (Å²) in [5, 5.41) is 9.80. The van der Waals surface area contributed by atoms with Gasteiger partial charge in [-0.2, -0.15) is 5.10 Å². The molecular formula is C13H22N4O. The SMILES string of the molecule is Cc1cc(C(=O)NC2C(C)(C)C(N)C2(C)C)n[nH]1. The molecule has 0 atom stereocenters. The number of carbonyl (C=O) groups excluding carboxylic acids is 1. The van der Waals surface area contributed by atoms with E-state index >= 15 is 0 Å². The molecule has 5 heteroatoms. The molecule has 0 radical (unpaired) electrons. The molecule has 0 unspecified atom stereocenters. The molecule has 1 amide bonds. The van der Waals surface area contributed by atoms with E-state index in [0.29, 0.717) is 5.69 Å². The first kappa shape index (κ1) is 13.1. The van der Waals surface area contributed by atoms with Crippen LogP contribution in [0.15, 0.2) is 6.07 Å². The van der Waals surface area contributed by atoms with Crippen molar-refractivity contribution in [1.29, 1.82) is 0 Å². The van der Waals surface area contributed by atoms with Crippen molar-refractivity contribution in [3.63, 3.8) is 0 Å². The van der Waals surface area contributed by atoms with Crippen molar-refractivity contribution in [3.8, 4) is 0 Å². The fourth-order valence-electron chi connectivity index (χ4n) is 3.29. The van der Waals surface area contributed by atoms with Gasteiger partial charge in [0, 0.05) is 28.6 Å². The number of rotatable bonds is 2. The molecule has 2 rings (SSSR count). The number of aromatic amines is 1. The van der Waals surface area contributed by atoms with Gasteiger partial charge in [0.2, 0.25) is 0 Å². The number of nitrogens with one attached hydrogen (secondary N) is 2. The van der Waals surface area contributed by atoms with Gasteiger partial charge in [0.05, 0.1) is 0 Å². The Kier molecular flexibility index (Phi) is 2.77. The summed E-state index contributed by atoms with van der Waals surface area (Å²) < 4.78 is 0. The van der Waals surface area contributed by atoms with Crippen LogP contribution >= 0.6 is 0 Å². The monoisotopic (exact) mass is 250 g/mol. The van der Waals surface area contributed by atoms with E-state index in [2.05, 4.69) is 43.2 Å². The fourth-order valence-corrected chi connectivity index (χ4v) is 3.29. The zero-order valence-electron chi connectivity index (χ0n) is 11.7. The highest BCUT2D eigenvalue weighted by molar-refractivity contribution is 5.92. The average molecular weight is 250 g/mol. The number of H-pyrrole nitrogens is 1. The summed E-state index contributed by atoms with van der Waals surface area (Å²) in [7, 11) is 0. The quantitative estimate of drug-likeness (QED) is 0.737. The van der Waals surface area contributed by atoms with E-state index < -0.39 is 0 Å². The number of aromatic nitrogens is 2. The number of nitrogens with zero attached hydrogens (tertiary/aromatic N) is 1. The van der Waals surface area contributed by atoms with Crippen molar-refractivity contribution in [1.82, 2.24) is 15.5 Å². The highest BCUT2D eigenvalue weighted by Gasteiger charge is 2.60. The van der Waals surface area contributed by atoms with Gasteiger partial charge in [0.25, 0.3) is 5.91 Å². The van der Waals surface area contributed by atoms with Crippen molar-refractivity contribution in [2.45, 2.75) is 46.7 Å². The van der Waals surface area contributed by atoms with Crippen LogP contribution in [0, 0.1) is 17.8 Å². The van der Waals surface area contributed by atoms with Crippen LogP contribution in [0.3, 0.4) is 0 Å². The number of hydrogen-bond acceptors (Lipinski definition) is 3. The van der Waals surface area contributed by atoms with Gasteiger partial charge in [0.1, 0.15) is 5.69 Å². The maximum absolute atomic E-state index is 12.1. The minimum Gasteiger partial charge on any atom is -0.347 e. The highest BCUT2D eigenvalue weighted by atomic mass is 16.2. The molecule has 1 aliphatic rings. The second kappa shape index (κ2) is 3.82. The molecule has 18 heavy (non-hydrogen) atoms. The fraction of sp³-hybridized carbons (Fsp3) is 0.692. The summed E-state index contributed by atoms with van der Waals surface area (Å²) in [6, 6.07) is 1.88. The predicted molar refractivity (Wildman–Crippen MR) is 70.1 cm³/mol. The molecule has 1 saturated carbocycles. The van der Waals surface area contributed by atoms with E-state index in [-0.39, 0.29) is 28.8 Å². The van der Waals surface area contributed by atoms with Crippen LogP contribution in [0.5, 0.6) is 0 Å². The third-order valence-corrected chi connectivity index (χ3v) is 4.31. The Bertz CT molecular complexity index is 459. The van der Waals surface area contributed by atoms with Gasteiger partial charge in [0.15, 0.2) is 0 Å². The molecule has 100 valence electrons. The van der Waals surface area contributed by atoms with Crippen LogP contribution in [-0.2, 0) is 0 Å². The summed E-state index contributed by atoms with van der Waals surface area (Å²) in [5.41, 5.74) is 7.29. The lowest BCUT2D eigenvalue weighted by Crippen LogP contribution is -2.76. The lowest BCUT2D eigenvalue weighted by atomic mass is 9.48. The summed E-state index contributed by atoms with van der Waals surface area (Å²) in [4.78, 5) is 12.1. The number of amides is 1. The maximum atomic E-state index is 12.1. The minimum atomic E-state index is -0.141. The smallest absolute Gasteiger partial charge is 0.272 e. The van der Waals surface area contributed by atoms with Crippen LogP contribution in [0.4, 0.5) is 0 Å². The lowest BCUT2D eigenvalue weighted by Gasteiger charge is -2.62. The molecule has 0 spiro atoms. The van der Waals surface area contributed by atoms with Gasteiger partial charge >= 0.3 is 0 Å². The normalized spacial score (nSPS) is 28.6. The van der Waals surface area contributed by atoms with Gasteiger partial charge in [-0.3, -0.25) is 9.89 Å². The molecule has 0 aliphatic heterocycles. The van der Waals surface area contributed by atoms with E-state index in [1.165, 1.54) is 0 Å². The zero-order valence-corrected chi connectivity index (χ0v) is 11.7. The molecule has 1 aromatic heterocycles. The Morgan fingerprint density at radius 1 is 1.39 bits per heavy atom. The second-order valence-electron chi connectivity index (χ2n) is 6.46. The van der Waals surface area contributed by atoms with Crippen molar-refractivity contribution >= 4 is 5.91 Å². The minimum absolute atomic E-state index is 0.0597. The Morgan fingerprint density at radius 3 is 2.39 bits per heavy atom. The Balaban J connectivity index is 2.13. The predicted octanol–water partition coefficient (Wildman–Crippen LogP) is 1.21. The van der Waals surface area contributed by atoms with Crippen molar-refractivity contribution < 1.29 is 4.79 Å². The molecule has 1 fully saturated rings. The topological polar surface area (TPSA) is 83.8 Å². The number of carbonyl (C=O) groups is 1. The standard InChI is InChI=1S/C13H22N4O/c1-7-6-8(17-16-7)9(18)15-11-12(2,3)10(14)13(11,4)5/h6,10-11H,14H2,1-5H3,(H,15,18)(H,16,17). The molecule has 1 aliphatic carbocycles. The third kappa shape index (κ3) is 1.73. The molecule has 1 heterocycles. The Morgan fingerprint density at radius 2 is 1.94 bits per heavy atom. The lowest BCUT2D eigenvalue weighted by molar-refractivity contribution is -0.0664. The Hall–Kier alpha value is -1.36. The average Bonchev–Trinajstić information content (AvgIpc) is 2.71. The molecule has 4 N–H and O–H groups in total. The van der Waals surface area contributed by atoms with E-state index in [0.717, 1.165) is 5.69 Å². The largest absolute Gasteiger partial charge is 0.347 e. The molecule has 5 nitrogen and oxygen atoms in total. The number of hydrogen-bond donors (Lipinski definition) is 3. The summed E-state index contributed by atoms with van der Waals surface area (Å²) >= 11 is 0. The second-order valence-corrected chi connectivity index (χ2v) is 6.46. The van der Waals surface area contributed by atoms with Gasteiger partial charge in [-0.1, -0.05) is 27.7 Å². The maximum Gasteiger partial charge on any atom is 0.272 e. The number of nitrogens with two attached hydrogens (primary N) is 1. The van der Waals surface area contributed by atoms with Gasteiger partial charge < -0.3 is 11.1 Å². The van der Waals surface area contributed by atoms with E-state index in [9.17, 15) is 4.79 Å². The number of aryl methyl sites for hydroxylation is 1. The van der Waals surface area contributed by atoms with E-state index in [1.807, 2.05) is 6.92 Å². The van der Waals surface area contributed by atoms with Crippen LogP contribution in [-0.4, -0.2) is 28.2 Å². The first-order chi connectivity index (χ1) is 8.17. The molecule has 1 aromatic rings. The zero-order chi connectivity index (χ0) is 13.7. The first-order valence-electron chi connectivity index (χ1n) is 6.26. The highest BCUT2D eigenvalue weighted by Crippen LogP contribution is 2.52. The summed E-state index contributed by atoms with van der Waals surface area (Å²) in [6.07, 6.45) is 0. The van der Waals surface area contributed by atoms with Crippen molar-refractivity contribution in [2.75, 3.05) is 0 Å². The Labute approximate surface area is 108 Å². The molecule has 0 saturated heterocycles. The third-order valence-electron chi connectivity index (χ3n) is 4.31. The van der Waals surface area contributed by atoms with Crippen LogP contribution in [0.25, 0.3) is 0 Å². The summed E-state index contributed by atoms with van der Waals surface area (Å²) in [6.45, 7) is 10.2. The molecular weight excluding hydrogens is 228 g/mol. The van der Waals surface area contributed by atoms with E-state index in [4.69, 9.17) is 5.73 Å². The van der Waals surface area contributed by atoms with E-state index in [1.54, 1.807) is 6.07 Å². The van der Waals surface area contributed by atoms with Crippen LogP contribution in [0.1, 0.15) is 43.9 Å². The van der Waals surface area contributed by atoms with Crippen LogP contribution in [0.2, 0.25) is 0 Å². The van der Waals surface area contributed by atoms with Crippen molar-refractivity contribution in [3.05, 3.63) is 17.5 Å². The molecule has 0 bridgehead atoms. The van der Waals surface area contributed by atoms with Crippen LogP contribution < -0.4 is 11.1 Å². The molecule has 0 aromatic carbocycles. The van der Waals surface area contributed by atoms with Gasteiger partial charge in [-0.25, -0.2) is 0 Å². The van der Waals surface area contributed by atoms with Gasteiger partial charge in [-0.15, -0.1) is 0 Å². The first-order valence-corrected chi connectivity index (χ1v) is 6.26. The summed E-state index contributed by atoms with van der Waals surface area (Å²) in [5.74, 6) is -0.141. The van der Waals surface area contributed by atoms with Gasteiger partial charge in [-0.05, 0) is 13.0 Å². The van der Waals surface area contributed by atoms with Crippen molar-refractivity contribution in [2.24, 2.45) is 16.6 Å².